The molecule has 0 aliphatic carbocycles. The van der Waals surface area contributed by atoms with Crippen LogP contribution < -0.4 is 16.0 Å². The van der Waals surface area contributed by atoms with Crippen LogP contribution in [0.3, 0.4) is 0 Å². The molecule has 0 fully saturated rings. The molecule has 0 spiro atoms. The van der Waals surface area contributed by atoms with Gasteiger partial charge in [-0.15, -0.1) is 0 Å². The van der Waals surface area contributed by atoms with Crippen molar-refractivity contribution < 1.29 is 4.74 Å². The zero-order valence-electron chi connectivity index (χ0n) is 20.6. The SMILES string of the molecule is Cc1c(C)c(C)c(Oc2ccc(-c3cn(-c4ccccc4)c4c(=O)[nH]nc(N)c34)cc2)c(C)c1C. The molecule has 0 radical (unpaired) electrons. The van der Waals surface area contributed by atoms with Gasteiger partial charge in [-0.3, -0.25) is 4.79 Å². The number of anilines is 1. The highest BCUT2D eigenvalue weighted by Crippen LogP contribution is 2.37. The van der Waals surface area contributed by atoms with Crippen molar-refractivity contribution in [2.75, 3.05) is 5.73 Å². The fraction of sp³-hybridized carbons (Fsp3) is 0.172. The average molecular weight is 465 g/mol. The lowest BCUT2D eigenvalue weighted by atomic mass is 9.94. The van der Waals surface area contributed by atoms with Gasteiger partial charge in [0.2, 0.25) is 0 Å². The number of para-hydroxylation sites is 1. The average Bonchev–Trinajstić information content (AvgIpc) is 3.29. The van der Waals surface area contributed by atoms with Gasteiger partial charge in [0.05, 0.1) is 5.39 Å². The molecule has 5 aromatic rings. The third-order valence-electron chi connectivity index (χ3n) is 7.11. The molecule has 0 unspecified atom stereocenters. The van der Waals surface area contributed by atoms with Gasteiger partial charge in [0.25, 0.3) is 5.56 Å². The van der Waals surface area contributed by atoms with E-state index in [0.717, 1.165) is 39.4 Å². The molecular weight excluding hydrogens is 436 g/mol. The van der Waals surface area contributed by atoms with Gasteiger partial charge in [0.15, 0.2) is 5.82 Å². The number of rotatable bonds is 4. The monoisotopic (exact) mass is 464 g/mol. The molecule has 176 valence electrons. The summed E-state index contributed by atoms with van der Waals surface area (Å²) in [6.07, 6.45) is 1.93. The number of hydrogen-bond donors (Lipinski definition) is 2. The van der Waals surface area contributed by atoms with E-state index in [1.54, 1.807) is 0 Å². The maximum Gasteiger partial charge on any atom is 0.289 e. The Bertz CT molecular complexity index is 1600. The van der Waals surface area contributed by atoms with Crippen LogP contribution in [0.2, 0.25) is 0 Å². The summed E-state index contributed by atoms with van der Waals surface area (Å²) in [7, 11) is 0. The summed E-state index contributed by atoms with van der Waals surface area (Å²) < 4.78 is 8.21. The Labute approximate surface area is 204 Å². The Morgan fingerprint density at radius 1 is 0.829 bits per heavy atom. The molecule has 0 amide bonds. The number of benzene rings is 3. The van der Waals surface area contributed by atoms with Crippen molar-refractivity contribution in [2.45, 2.75) is 34.6 Å². The van der Waals surface area contributed by atoms with Gasteiger partial charge in [-0.1, -0.05) is 30.3 Å². The molecule has 0 saturated carbocycles. The van der Waals surface area contributed by atoms with E-state index in [9.17, 15) is 4.79 Å². The summed E-state index contributed by atoms with van der Waals surface area (Å²) in [5, 5.41) is 7.15. The van der Waals surface area contributed by atoms with Crippen LogP contribution in [0.5, 0.6) is 11.5 Å². The number of nitrogens with zero attached hydrogens (tertiary/aromatic N) is 2. The van der Waals surface area contributed by atoms with Gasteiger partial charge in [-0.05, 0) is 92.3 Å². The summed E-state index contributed by atoms with van der Waals surface area (Å²) >= 11 is 0. The number of nitrogens with one attached hydrogen (secondary N) is 1. The van der Waals surface area contributed by atoms with Gasteiger partial charge in [-0.2, -0.15) is 5.10 Å². The zero-order valence-corrected chi connectivity index (χ0v) is 20.6. The van der Waals surface area contributed by atoms with E-state index in [4.69, 9.17) is 10.5 Å². The van der Waals surface area contributed by atoms with E-state index in [-0.39, 0.29) is 11.4 Å². The van der Waals surface area contributed by atoms with Crippen molar-refractivity contribution >= 4 is 16.7 Å². The van der Waals surface area contributed by atoms with E-state index < -0.39 is 0 Å². The Morgan fingerprint density at radius 2 is 1.43 bits per heavy atom. The van der Waals surface area contributed by atoms with Gasteiger partial charge in [0, 0.05) is 17.4 Å². The van der Waals surface area contributed by atoms with Crippen LogP contribution in [0.1, 0.15) is 27.8 Å². The second kappa shape index (κ2) is 8.47. The maximum absolute atomic E-state index is 12.8. The topological polar surface area (TPSA) is 85.9 Å². The molecule has 2 heterocycles. The maximum atomic E-state index is 12.8. The van der Waals surface area contributed by atoms with Crippen molar-refractivity contribution in [3.8, 4) is 28.3 Å². The summed E-state index contributed by atoms with van der Waals surface area (Å²) in [6, 6.07) is 17.6. The predicted molar refractivity (Wildman–Crippen MR) is 142 cm³/mol. The minimum Gasteiger partial charge on any atom is -0.457 e. The largest absolute Gasteiger partial charge is 0.457 e. The van der Waals surface area contributed by atoms with Crippen LogP contribution in [0.25, 0.3) is 27.7 Å². The molecule has 5 rings (SSSR count). The molecule has 6 heteroatoms. The molecular formula is C29H28N4O2. The Balaban J connectivity index is 1.60. The number of nitrogens with two attached hydrogens (primary N) is 1. The van der Waals surface area contributed by atoms with Crippen LogP contribution in [-0.2, 0) is 0 Å². The lowest BCUT2D eigenvalue weighted by Gasteiger charge is -2.19. The van der Waals surface area contributed by atoms with E-state index in [0.29, 0.717) is 10.9 Å². The lowest BCUT2D eigenvalue weighted by Crippen LogP contribution is -2.13. The fourth-order valence-electron chi connectivity index (χ4n) is 4.66. The number of fused-ring (bicyclic) bond motifs is 1. The van der Waals surface area contributed by atoms with Crippen LogP contribution >= 0.6 is 0 Å². The van der Waals surface area contributed by atoms with Crippen LogP contribution in [0.15, 0.2) is 65.6 Å². The molecule has 0 bridgehead atoms. The molecule has 3 N–H and O–H groups in total. The number of ether oxygens (including phenoxy) is 1. The van der Waals surface area contributed by atoms with Gasteiger partial charge in [0.1, 0.15) is 17.0 Å². The molecule has 3 aromatic carbocycles. The number of aromatic amines is 1. The molecule has 35 heavy (non-hydrogen) atoms. The highest BCUT2D eigenvalue weighted by molar-refractivity contribution is 6.02. The Kier molecular flexibility index (Phi) is 5.44. The summed E-state index contributed by atoms with van der Waals surface area (Å²) in [5.74, 6) is 1.93. The van der Waals surface area contributed by atoms with Crippen molar-refractivity contribution in [3.05, 3.63) is 99.0 Å². The van der Waals surface area contributed by atoms with Crippen molar-refractivity contribution in [1.82, 2.24) is 14.8 Å². The first-order valence-corrected chi connectivity index (χ1v) is 11.6. The molecule has 6 nitrogen and oxygen atoms in total. The summed E-state index contributed by atoms with van der Waals surface area (Å²) in [4.78, 5) is 12.8. The predicted octanol–water partition coefficient (Wildman–Crippen LogP) is 6.30. The van der Waals surface area contributed by atoms with E-state index >= 15 is 0 Å². The van der Waals surface area contributed by atoms with Crippen LogP contribution in [0.4, 0.5) is 5.82 Å². The van der Waals surface area contributed by atoms with Gasteiger partial charge >= 0.3 is 0 Å². The Hall–Kier alpha value is -4.32. The number of H-pyrrole nitrogens is 1. The zero-order chi connectivity index (χ0) is 24.9. The van der Waals surface area contributed by atoms with E-state index in [1.807, 2.05) is 65.4 Å². The normalized spacial score (nSPS) is 11.2. The van der Waals surface area contributed by atoms with Gasteiger partial charge < -0.3 is 15.0 Å². The first-order chi connectivity index (χ1) is 16.8. The number of hydrogen-bond acceptors (Lipinski definition) is 4. The van der Waals surface area contributed by atoms with Crippen molar-refractivity contribution in [2.24, 2.45) is 0 Å². The first-order valence-electron chi connectivity index (χ1n) is 11.6. The quantitative estimate of drug-likeness (QED) is 0.327. The molecule has 2 aromatic heterocycles. The van der Waals surface area contributed by atoms with Crippen molar-refractivity contribution in [3.63, 3.8) is 0 Å². The first kappa shape index (κ1) is 22.5. The molecule has 0 atom stereocenters. The highest BCUT2D eigenvalue weighted by Gasteiger charge is 2.19. The molecule has 0 saturated heterocycles. The third-order valence-corrected chi connectivity index (χ3v) is 7.11. The summed E-state index contributed by atoms with van der Waals surface area (Å²) in [6.45, 7) is 10.6. The highest BCUT2D eigenvalue weighted by atomic mass is 16.5. The number of aromatic nitrogens is 3. The van der Waals surface area contributed by atoms with Crippen molar-refractivity contribution in [1.29, 1.82) is 0 Å². The van der Waals surface area contributed by atoms with E-state index in [2.05, 4.69) is 44.8 Å². The fourth-order valence-corrected chi connectivity index (χ4v) is 4.66. The Morgan fingerprint density at radius 3 is 2.06 bits per heavy atom. The van der Waals surface area contributed by atoms with Gasteiger partial charge in [-0.25, -0.2) is 5.10 Å². The molecule has 0 aliphatic heterocycles. The second-order valence-electron chi connectivity index (χ2n) is 8.99. The van der Waals surface area contributed by atoms with Crippen LogP contribution in [0, 0.1) is 34.6 Å². The summed E-state index contributed by atoms with van der Waals surface area (Å²) in [5.41, 5.74) is 15.2. The minimum atomic E-state index is -0.291. The smallest absolute Gasteiger partial charge is 0.289 e. The number of nitrogen functional groups attached to an aromatic ring is 1. The minimum absolute atomic E-state index is 0.279. The van der Waals surface area contributed by atoms with E-state index in [1.165, 1.54) is 16.7 Å². The standard InChI is InChI=1S/C29H28N4O2/c1-16-17(2)19(4)27(20(5)18(16)3)35-23-13-11-21(12-14-23)24-15-33(22-9-7-6-8-10-22)26-25(24)28(30)31-32-29(26)34/h6-15H,1-5H3,(H2,30,31)(H,32,34). The lowest BCUT2D eigenvalue weighted by molar-refractivity contribution is 0.474. The third kappa shape index (κ3) is 3.67. The molecule has 0 aliphatic rings. The van der Waals surface area contributed by atoms with Crippen LogP contribution in [-0.4, -0.2) is 14.8 Å². The second-order valence-corrected chi connectivity index (χ2v) is 8.99.